The van der Waals surface area contributed by atoms with E-state index in [4.69, 9.17) is 4.52 Å². The highest BCUT2D eigenvalue weighted by Crippen LogP contribution is 2.19. The summed E-state index contributed by atoms with van der Waals surface area (Å²) < 4.78 is 18.9. The number of hydrogen-bond acceptors (Lipinski definition) is 5. The highest BCUT2D eigenvalue weighted by molar-refractivity contribution is 5.85. The third-order valence-electron chi connectivity index (χ3n) is 4.81. The third-order valence-corrected chi connectivity index (χ3v) is 4.81. The molecule has 1 aliphatic rings. The lowest BCUT2D eigenvalue weighted by Gasteiger charge is -2.38. The molecular formula is C18H24ClFN4O2. The van der Waals surface area contributed by atoms with Gasteiger partial charge in [-0.2, -0.15) is 4.98 Å². The molecule has 1 N–H and O–H groups in total. The Morgan fingerprint density at radius 2 is 2.19 bits per heavy atom. The van der Waals surface area contributed by atoms with Crippen LogP contribution in [0.2, 0.25) is 0 Å². The van der Waals surface area contributed by atoms with Gasteiger partial charge in [-0.3, -0.25) is 4.79 Å². The second-order valence-electron chi connectivity index (χ2n) is 6.55. The van der Waals surface area contributed by atoms with Crippen LogP contribution in [0.1, 0.15) is 31.7 Å². The first-order valence-corrected chi connectivity index (χ1v) is 8.57. The van der Waals surface area contributed by atoms with Crippen LogP contribution in [-0.2, 0) is 11.2 Å². The summed E-state index contributed by atoms with van der Waals surface area (Å²) >= 11 is 0. The van der Waals surface area contributed by atoms with Gasteiger partial charge >= 0.3 is 0 Å². The van der Waals surface area contributed by atoms with Crippen molar-refractivity contribution in [1.29, 1.82) is 0 Å². The fourth-order valence-electron chi connectivity index (χ4n) is 2.97. The van der Waals surface area contributed by atoms with Gasteiger partial charge in [0.15, 0.2) is 0 Å². The van der Waals surface area contributed by atoms with Crippen molar-refractivity contribution >= 4 is 18.3 Å². The maximum atomic E-state index is 13.7. The van der Waals surface area contributed by atoms with E-state index in [1.54, 1.807) is 19.1 Å². The van der Waals surface area contributed by atoms with Crippen molar-refractivity contribution in [1.82, 2.24) is 20.4 Å². The minimum Gasteiger partial charge on any atom is -0.339 e. The van der Waals surface area contributed by atoms with Crippen LogP contribution in [0, 0.1) is 12.7 Å². The number of piperazine rings is 1. The smallest absolute Gasteiger partial charge is 0.227 e. The van der Waals surface area contributed by atoms with Crippen molar-refractivity contribution in [2.75, 3.05) is 13.1 Å². The molecule has 0 saturated carbocycles. The highest BCUT2D eigenvalue weighted by atomic mass is 35.5. The fourth-order valence-corrected chi connectivity index (χ4v) is 2.97. The van der Waals surface area contributed by atoms with E-state index < -0.39 is 0 Å². The van der Waals surface area contributed by atoms with E-state index in [9.17, 15) is 9.18 Å². The minimum atomic E-state index is -0.305. The van der Waals surface area contributed by atoms with Gasteiger partial charge < -0.3 is 14.7 Å². The standard InChI is InChI=1S/C18H23FN4O2.ClH/c1-11-4-5-14(10-15(11)19)18-21-16(25-22-18)6-7-17(24)23-9-8-20-12(2)13(23)3;/h4-5,10,12-13,20H,6-9H2,1-3H3;1H. The Kier molecular flexibility index (Phi) is 6.72. The number of benzene rings is 1. The van der Waals surface area contributed by atoms with Crippen LogP contribution < -0.4 is 5.32 Å². The van der Waals surface area contributed by atoms with Crippen molar-refractivity contribution in [2.45, 2.75) is 45.7 Å². The molecule has 0 radical (unpaired) electrons. The van der Waals surface area contributed by atoms with E-state index in [0.717, 1.165) is 6.54 Å². The summed E-state index contributed by atoms with van der Waals surface area (Å²) in [5.41, 5.74) is 1.13. The van der Waals surface area contributed by atoms with E-state index in [1.807, 2.05) is 11.8 Å². The Morgan fingerprint density at radius 1 is 1.42 bits per heavy atom. The molecule has 1 aromatic carbocycles. The number of nitrogens with one attached hydrogen (secondary N) is 1. The molecule has 1 aromatic heterocycles. The summed E-state index contributed by atoms with van der Waals surface area (Å²) in [5, 5.41) is 7.24. The number of nitrogens with zero attached hydrogens (tertiary/aromatic N) is 3. The SMILES string of the molecule is Cc1ccc(-c2noc(CCC(=O)N3CCNC(C)C3C)n2)cc1F.Cl. The number of rotatable bonds is 4. The number of aromatic nitrogens is 2. The zero-order chi connectivity index (χ0) is 18.0. The van der Waals surface area contributed by atoms with E-state index in [2.05, 4.69) is 22.4 Å². The van der Waals surface area contributed by atoms with Crippen molar-refractivity contribution in [3.8, 4) is 11.4 Å². The van der Waals surface area contributed by atoms with Gasteiger partial charge in [0.05, 0.1) is 0 Å². The Bertz CT molecular complexity index is 767. The zero-order valence-electron chi connectivity index (χ0n) is 15.2. The largest absolute Gasteiger partial charge is 0.339 e. The molecule has 6 nitrogen and oxygen atoms in total. The lowest BCUT2D eigenvalue weighted by molar-refractivity contribution is -0.134. The molecule has 142 valence electrons. The van der Waals surface area contributed by atoms with Crippen LogP contribution in [0.25, 0.3) is 11.4 Å². The van der Waals surface area contributed by atoms with Gasteiger partial charge in [-0.05, 0) is 32.4 Å². The molecule has 3 rings (SSSR count). The summed E-state index contributed by atoms with van der Waals surface area (Å²) in [6, 6.07) is 5.26. The molecule has 1 fully saturated rings. The molecule has 0 bridgehead atoms. The third kappa shape index (κ3) is 4.40. The number of halogens is 2. The first-order valence-electron chi connectivity index (χ1n) is 8.57. The molecule has 2 unspecified atom stereocenters. The van der Waals surface area contributed by atoms with Gasteiger partial charge in [-0.25, -0.2) is 4.39 Å². The molecule has 2 atom stereocenters. The summed E-state index contributed by atoms with van der Waals surface area (Å²) in [5.74, 6) is 0.508. The Labute approximate surface area is 158 Å². The second-order valence-corrected chi connectivity index (χ2v) is 6.55. The second kappa shape index (κ2) is 8.60. The van der Waals surface area contributed by atoms with E-state index in [1.165, 1.54) is 6.07 Å². The van der Waals surface area contributed by atoms with Crippen LogP contribution in [0.15, 0.2) is 22.7 Å². The van der Waals surface area contributed by atoms with Crippen molar-refractivity contribution < 1.29 is 13.7 Å². The topological polar surface area (TPSA) is 71.3 Å². The predicted molar refractivity (Wildman–Crippen MR) is 98.6 cm³/mol. The monoisotopic (exact) mass is 382 g/mol. The maximum absolute atomic E-state index is 13.7. The Balaban J connectivity index is 0.00000243. The first kappa shape index (κ1) is 20.3. The van der Waals surface area contributed by atoms with Crippen molar-refractivity contribution in [3.63, 3.8) is 0 Å². The molecule has 0 aliphatic carbocycles. The molecule has 1 amide bonds. The summed E-state index contributed by atoms with van der Waals surface area (Å²) in [7, 11) is 0. The van der Waals surface area contributed by atoms with Crippen LogP contribution in [0.4, 0.5) is 4.39 Å². The summed E-state index contributed by atoms with van der Waals surface area (Å²) in [6.45, 7) is 7.34. The van der Waals surface area contributed by atoms with Crippen LogP contribution in [-0.4, -0.2) is 46.1 Å². The van der Waals surface area contributed by atoms with E-state index in [-0.39, 0.29) is 36.2 Å². The van der Waals surface area contributed by atoms with Crippen LogP contribution >= 0.6 is 12.4 Å². The molecule has 2 aromatic rings. The number of carbonyl (C=O) groups is 1. The molecule has 2 heterocycles. The minimum absolute atomic E-state index is 0. The van der Waals surface area contributed by atoms with Gasteiger partial charge in [-0.1, -0.05) is 17.3 Å². The van der Waals surface area contributed by atoms with Gasteiger partial charge in [0, 0.05) is 43.6 Å². The van der Waals surface area contributed by atoms with Crippen LogP contribution in [0.3, 0.4) is 0 Å². The molecular weight excluding hydrogens is 359 g/mol. The quantitative estimate of drug-likeness (QED) is 0.880. The lowest BCUT2D eigenvalue weighted by atomic mass is 10.1. The predicted octanol–water partition coefficient (Wildman–Crippen LogP) is 2.75. The fraction of sp³-hybridized carbons (Fsp3) is 0.500. The van der Waals surface area contributed by atoms with Crippen molar-refractivity contribution in [2.24, 2.45) is 0 Å². The van der Waals surface area contributed by atoms with E-state index in [0.29, 0.717) is 42.2 Å². The number of amides is 1. The van der Waals surface area contributed by atoms with Crippen molar-refractivity contribution in [3.05, 3.63) is 35.5 Å². The number of carbonyl (C=O) groups excluding carboxylic acids is 1. The average molecular weight is 383 g/mol. The van der Waals surface area contributed by atoms with Gasteiger partial charge in [0.2, 0.25) is 17.6 Å². The summed E-state index contributed by atoms with van der Waals surface area (Å²) in [6.07, 6.45) is 0.701. The normalized spacial score (nSPS) is 19.9. The lowest BCUT2D eigenvalue weighted by Crippen LogP contribution is -2.57. The first-order chi connectivity index (χ1) is 12.0. The van der Waals surface area contributed by atoms with E-state index >= 15 is 0 Å². The number of hydrogen-bond donors (Lipinski definition) is 1. The summed E-state index contributed by atoms with van der Waals surface area (Å²) in [4.78, 5) is 18.6. The molecule has 1 aliphatic heterocycles. The van der Waals surface area contributed by atoms with Gasteiger partial charge in [-0.15, -0.1) is 12.4 Å². The molecule has 0 spiro atoms. The average Bonchev–Trinajstić information content (AvgIpc) is 3.06. The van der Waals surface area contributed by atoms with Gasteiger partial charge in [0.1, 0.15) is 5.82 Å². The maximum Gasteiger partial charge on any atom is 0.227 e. The van der Waals surface area contributed by atoms with Crippen LogP contribution in [0.5, 0.6) is 0 Å². The molecule has 26 heavy (non-hydrogen) atoms. The molecule has 8 heteroatoms. The van der Waals surface area contributed by atoms with Gasteiger partial charge in [0.25, 0.3) is 0 Å². The Morgan fingerprint density at radius 3 is 2.92 bits per heavy atom. The highest BCUT2D eigenvalue weighted by Gasteiger charge is 2.28. The molecule has 1 saturated heterocycles. The number of aryl methyl sites for hydroxylation is 2. The zero-order valence-corrected chi connectivity index (χ0v) is 16.0. The Hall–Kier alpha value is -1.99.